The lowest BCUT2D eigenvalue weighted by molar-refractivity contribution is -0.137. The molecule has 0 radical (unpaired) electrons. The molecule has 5 heteroatoms. The molecule has 0 heterocycles. The first-order chi connectivity index (χ1) is 9.18. The van der Waals surface area contributed by atoms with Crippen molar-refractivity contribution in [1.82, 2.24) is 0 Å². The van der Waals surface area contributed by atoms with E-state index >= 15 is 0 Å². The van der Waals surface area contributed by atoms with E-state index in [0.29, 0.717) is 6.04 Å². The molecular formula is C14H20O4Si. The highest BCUT2D eigenvalue weighted by atomic mass is 28.4. The number of carbonyl (C=O) groups is 1. The third-order valence-electron chi connectivity index (χ3n) is 2.85. The van der Waals surface area contributed by atoms with E-state index in [4.69, 9.17) is 13.6 Å². The summed E-state index contributed by atoms with van der Waals surface area (Å²) in [6, 6.07) is 10.4. The average molecular weight is 280 g/mol. The second-order valence-electron chi connectivity index (χ2n) is 3.94. The zero-order chi connectivity index (χ0) is 14.1. The van der Waals surface area contributed by atoms with Crippen molar-refractivity contribution in [1.29, 1.82) is 0 Å². The lowest BCUT2D eigenvalue weighted by Gasteiger charge is -2.27. The van der Waals surface area contributed by atoms with Gasteiger partial charge in [-0.2, -0.15) is 0 Å². The van der Waals surface area contributed by atoms with Crippen molar-refractivity contribution in [2.75, 3.05) is 20.8 Å². The predicted octanol–water partition coefficient (Wildman–Crippen LogP) is 1.75. The summed E-state index contributed by atoms with van der Waals surface area (Å²) >= 11 is 0. The van der Waals surface area contributed by atoms with E-state index < -0.39 is 8.56 Å². The van der Waals surface area contributed by atoms with Gasteiger partial charge in [-0.25, -0.2) is 4.79 Å². The van der Waals surface area contributed by atoms with Gasteiger partial charge in [0.1, 0.15) is 0 Å². The van der Waals surface area contributed by atoms with Crippen LogP contribution in [0.2, 0.25) is 6.04 Å². The summed E-state index contributed by atoms with van der Waals surface area (Å²) in [4.78, 5) is 11.3. The lowest BCUT2D eigenvalue weighted by atomic mass is 10.4. The third kappa shape index (κ3) is 4.31. The number of esters is 1. The van der Waals surface area contributed by atoms with Gasteiger partial charge in [-0.05, 0) is 12.1 Å². The number of carbonyl (C=O) groups excluding carboxylic acids is 1. The van der Waals surface area contributed by atoms with Gasteiger partial charge in [0, 0.05) is 26.3 Å². The number of rotatable bonds is 7. The summed E-state index contributed by atoms with van der Waals surface area (Å²) in [5.41, 5.74) is 0. The monoisotopic (exact) mass is 280 g/mol. The zero-order valence-electron chi connectivity index (χ0n) is 11.6. The lowest BCUT2D eigenvalue weighted by Crippen LogP contribution is -2.53. The number of allylic oxidation sites excluding steroid dienone is 1. The van der Waals surface area contributed by atoms with Gasteiger partial charge in [0.15, 0.2) is 0 Å². The predicted molar refractivity (Wildman–Crippen MR) is 76.4 cm³/mol. The Morgan fingerprint density at radius 1 is 1.21 bits per heavy atom. The normalized spacial score (nSPS) is 11.7. The molecule has 104 valence electrons. The zero-order valence-corrected chi connectivity index (χ0v) is 12.6. The van der Waals surface area contributed by atoms with Crippen molar-refractivity contribution in [2.24, 2.45) is 0 Å². The van der Waals surface area contributed by atoms with Crippen LogP contribution in [0.25, 0.3) is 0 Å². The number of ether oxygens (including phenoxy) is 1. The fourth-order valence-electron chi connectivity index (χ4n) is 1.83. The fraction of sp³-hybridized carbons (Fsp3) is 0.357. The van der Waals surface area contributed by atoms with Crippen molar-refractivity contribution >= 4 is 19.7 Å². The molecule has 0 unspecified atom stereocenters. The molecular weight excluding hydrogens is 260 g/mol. The average Bonchev–Trinajstić information content (AvgIpc) is 2.45. The Kier molecular flexibility index (Phi) is 6.48. The highest BCUT2D eigenvalue weighted by Crippen LogP contribution is 2.12. The van der Waals surface area contributed by atoms with Crippen LogP contribution in [0.1, 0.15) is 6.92 Å². The summed E-state index contributed by atoms with van der Waals surface area (Å²) < 4.78 is 16.4. The van der Waals surface area contributed by atoms with E-state index in [1.165, 1.54) is 6.08 Å². The molecule has 0 amide bonds. The van der Waals surface area contributed by atoms with E-state index in [2.05, 4.69) is 0 Å². The summed E-state index contributed by atoms with van der Waals surface area (Å²) in [5, 5.41) is 1.03. The topological polar surface area (TPSA) is 44.8 Å². The molecule has 0 bridgehead atoms. The Balaban J connectivity index is 2.70. The van der Waals surface area contributed by atoms with Crippen LogP contribution < -0.4 is 5.19 Å². The Hall–Kier alpha value is -1.43. The molecule has 0 fully saturated rings. The van der Waals surface area contributed by atoms with Crippen LogP contribution in [0.3, 0.4) is 0 Å². The quantitative estimate of drug-likeness (QED) is 0.433. The van der Waals surface area contributed by atoms with Crippen molar-refractivity contribution in [3.8, 4) is 0 Å². The van der Waals surface area contributed by atoms with Crippen LogP contribution in [-0.2, 0) is 18.4 Å². The number of benzene rings is 1. The first kappa shape index (κ1) is 15.6. The highest BCUT2D eigenvalue weighted by Gasteiger charge is 2.38. The van der Waals surface area contributed by atoms with Gasteiger partial charge in [-0.15, -0.1) is 0 Å². The molecule has 0 aliphatic heterocycles. The van der Waals surface area contributed by atoms with E-state index in [9.17, 15) is 4.79 Å². The Morgan fingerprint density at radius 2 is 1.84 bits per heavy atom. The van der Waals surface area contributed by atoms with Crippen molar-refractivity contribution in [3.63, 3.8) is 0 Å². The fourth-order valence-corrected chi connectivity index (χ4v) is 4.24. The molecule has 1 rings (SSSR count). The first-order valence-corrected chi connectivity index (χ1v) is 8.16. The molecule has 0 saturated carbocycles. The molecule has 0 spiro atoms. The smallest absolute Gasteiger partial charge is 0.375 e. The number of hydrogen-bond donors (Lipinski definition) is 0. The summed E-state index contributed by atoms with van der Waals surface area (Å²) in [7, 11) is 0.760. The maximum atomic E-state index is 11.3. The second-order valence-corrected chi connectivity index (χ2v) is 7.34. The molecule has 1 aromatic rings. The van der Waals surface area contributed by atoms with Crippen molar-refractivity contribution < 1.29 is 18.4 Å². The molecule has 0 aliphatic carbocycles. The molecule has 0 aromatic heterocycles. The standard InChI is InChI=1S/C14H20O4Si/c1-4-8-14(15)18-11-12-19(16-2,17-3)13-9-6-5-7-10-13/h4-10H,11-12H2,1-3H3. The van der Waals surface area contributed by atoms with Crippen LogP contribution in [-0.4, -0.2) is 35.4 Å². The highest BCUT2D eigenvalue weighted by molar-refractivity contribution is 6.81. The van der Waals surface area contributed by atoms with Gasteiger partial charge in [0.05, 0.1) is 6.61 Å². The largest absolute Gasteiger partial charge is 0.463 e. The van der Waals surface area contributed by atoms with Crippen molar-refractivity contribution in [3.05, 3.63) is 42.5 Å². The Labute approximate surface area is 115 Å². The maximum absolute atomic E-state index is 11.3. The van der Waals surface area contributed by atoms with Crippen LogP contribution in [0.5, 0.6) is 0 Å². The third-order valence-corrected chi connectivity index (χ3v) is 6.25. The number of hydrogen-bond acceptors (Lipinski definition) is 4. The molecule has 0 aliphatic rings. The van der Waals surface area contributed by atoms with Gasteiger partial charge in [0.2, 0.25) is 0 Å². The van der Waals surface area contributed by atoms with Gasteiger partial charge >= 0.3 is 14.5 Å². The van der Waals surface area contributed by atoms with Gasteiger partial charge < -0.3 is 13.6 Å². The minimum Gasteiger partial charge on any atom is -0.463 e. The molecule has 0 saturated heterocycles. The van der Waals surface area contributed by atoms with Gasteiger partial charge in [0.25, 0.3) is 0 Å². The molecule has 4 nitrogen and oxygen atoms in total. The van der Waals surface area contributed by atoms with Gasteiger partial charge in [-0.3, -0.25) is 0 Å². The van der Waals surface area contributed by atoms with Crippen LogP contribution in [0.15, 0.2) is 42.5 Å². The van der Waals surface area contributed by atoms with E-state index in [0.717, 1.165) is 5.19 Å². The van der Waals surface area contributed by atoms with Gasteiger partial charge in [-0.1, -0.05) is 36.4 Å². The van der Waals surface area contributed by atoms with E-state index in [1.807, 2.05) is 30.3 Å². The molecule has 0 atom stereocenters. The molecule has 19 heavy (non-hydrogen) atoms. The summed E-state index contributed by atoms with van der Waals surface area (Å²) in [5.74, 6) is -0.342. The SMILES string of the molecule is CC=CC(=O)OCC[Si](OC)(OC)c1ccccc1. The van der Waals surface area contributed by atoms with Crippen LogP contribution in [0, 0.1) is 0 Å². The minimum absolute atomic E-state index is 0.284. The van der Waals surface area contributed by atoms with E-state index in [1.54, 1.807) is 27.2 Å². The van der Waals surface area contributed by atoms with E-state index in [-0.39, 0.29) is 12.6 Å². The second kappa shape index (κ2) is 7.88. The first-order valence-electron chi connectivity index (χ1n) is 6.14. The summed E-state index contributed by atoms with van der Waals surface area (Å²) in [6.07, 6.45) is 3.04. The summed E-state index contributed by atoms with van der Waals surface area (Å²) in [6.45, 7) is 2.06. The maximum Gasteiger partial charge on any atom is 0.375 e. The minimum atomic E-state index is -2.51. The van der Waals surface area contributed by atoms with Crippen molar-refractivity contribution in [2.45, 2.75) is 13.0 Å². The Morgan fingerprint density at radius 3 is 2.37 bits per heavy atom. The van der Waals surface area contributed by atoms with Crippen LogP contribution >= 0.6 is 0 Å². The molecule has 1 aromatic carbocycles. The molecule has 0 N–H and O–H groups in total. The van der Waals surface area contributed by atoms with Crippen LogP contribution in [0.4, 0.5) is 0 Å². The Bertz CT molecular complexity index is 413.